The molecule has 0 unspecified atom stereocenters. The summed E-state index contributed by atoms with van der Waals surface area (Å²) in [4.78, 5) is 23.7. The van der Waals surface area contributed by atoms with E-state index in [4.69, 9.17) is 6.13 Å². The average Bonchev–Trinajstić information content (AvgIpc) is 3.04. The minimum atomic E-state index is -5.01. The second kappa shape index (κ2) is 5.59. The summed E-state index contributed by atoms with van der Waals surface area (Å²) >= 11 is -2.92. The molecule has 2 heterocycles. The van der Waals surface area contributed by atoms with Crippen LogP contribution in [0.25, 0.3) is 11.1 Å². The normalized spacial score (nSPS) is 17.0. The molecule has 0 saturated heterocycles. The SMILES string of the molecule is O=C1OI2OC(=O)c3cc(-c4cc(C(F)(F)F)cc(C(F)(F)F)c4)cc1c32. The molecule has 0 aromatic heterocycles. The first-order chi connectivity index (χ1) is 12.4. The van der Waals surface area contributed by atoms with Crippen LogP contribution in [-0.2, 0) is 18.5 Å². The van der Waals surface area contributed by atoms with Crippen LogP contribution in [0.3, 0.4) is 0 Å². The van der Waals surface area contributed by atoms with Gasteiger partial charge in [0.15, 0.2) is 0 Å². The second-order valence-electron chi connectivity index (χ2n) is 5.63. The van der Waals surface area contributed by atoms with Crippen molar-refractivity contribution < 1.29 is 42.1 Å². The van der Waals surface area contributed by atoms with Gasteiger partial charge in [0.25, 0.3) is 0 Å². The average molecular weight is 502 g/mol. The van der Waals surface area contributed by atoms with Crippen molar-refractivity contribution in [2.75, 3.05) is 0 Å². The summed E-state index contributed by atoms with van der Waals surface area (Å²) in [5.41, 5.74) is -3.70. The molecule has 0 amide bonds. The molecular formula is C16H5F6IO4. The van der Waals surface area contributed by atoms with Crippen molar-refractivity contribution in [2.24, 2.45) is 0 Å². The number of hydrogen-bond acceptors (Lipinski definition) is 4. The first kappa shape index (κ1) is 18.1. The number of rotatable bonds is 1. The van der Waals surface area contributed by atoms with Gasteiger partial charge in [0.2, 0.25) is 0 Å². The number of alkyl halides is 6. The van der Waals surface area contributed by atoms with E-state index < -0.39 is 61.6 Å². The standard InChI is InChI=1S/C16H5F6IO4/c17-15(18,19)8-1-6(2-9(5-8)16(20,21)22)7-3-10-12-11(4-7)14(25)27-23(12)26-13(10)24/h1-5H. The van der Waals surface area contributed by atoms with Gasteiger partial charge in [0.1, 0.15) is 0 Å². The van der Waals surface area contributed by atoms with E-state index >= 15 is 0 Å². The topological polar surface area (TPSA) is 52.6 Å². The van der Waals surface area contributed by atoms with Gasteiger partial charge in [-0.05, 0) is 0 Å². The fourth-order valence-electron chi connectivity index (χ4n) is 2.68. The van der Waals surface area contributed by atoms with Crippen molar-refractivity contribution in [3.8, 4) is 11.1 Å². The quantitative estimate of drug-likeness (QED) is 0.396. The summed E-state index contributed by atoms with van der Waals surface area (Å²) in [6.07, 6.45) is -10.0. The molecule has 4 nitrogen and oxygen atoms in total. The Kier molecular flexibility index (Phi) is 3.74. The Labute approximate surface area is 154 Å². The van der Waals surface area contributed by atoms with Crippen LogP contribution in [0.2, 0.25) is 0 Å². The molecule has 11 heteroatoms. The molecule has 4 rings (SSSR count). The van der Waals surface area contributed by atoms with Gasteiger partial charge in [0.05, 0.1) is 0 Å². The zero-order valence-electron chi connectivity index (χ0n) is 12.7. The number of hydrogen-bond donors (Lipinski definition) is 0. The third-order valence-electron chi connectivity index (χ3n) is 3.87. The molecule has 27 heavy (non-hydrogen) atoms. The molecule has 0 saturated carbocycles. The van der Waals surface area contributed by atoms with Gasteiger partial charge in [-0.1, -0.05) is 0 Å². The van der Waals surface area contributed by atoms with Gasteiger partial charge in [-0.3, -0.25) is 0 Å². The molecule has 2 aliphatic rings. The Bertz CT molecular complexity index is 940. The maximum absolute atomic E-state index is 13.0. The van der Waals surface area contributed by atoms with E-state index in [2.05, 4.69) is 0 Å². The molecule has 2 aromatic rings. The van der Waals surface area contributed by atoms with Crippen molar-refractivity contribution >= 4 is 32.6 Å². The van der Waals surface area contributed by atoms with Gasteiger partial charge in [0, 0.05) is 0 Å². The monoisotopic (exact) mass is 502 g/mol. The van der Waals surface area contributed by atoms with E-state index in [1.807, 2.05) is 0 Å². The molecule has 142 valence electrons. The van der Waals surface area contributed by atoms with Crippen LogP contribution in [0.5, 0.6) is 0 Å². The fraction of sp³-hybridized carbons (Fsp3) is 0.125. The zero-order chi connectivity index (χ0) is 19.7. The van der Waals surface area contributed by atoms with Crippen LogP contribution >= 0.6 is 20.6 Å². The van der Waals surface area contributed by atoms with Crippen LogP contribution in [0.4, 0.5) is 26.3 Å². The van der Waals surface area contributed by atoms with Crippen LogP contribution in [-0.4, -0.2) is 11.9 Å². The predicted octanol–water partition coefficient (Wildman–Crippen LogP) is 5.24. The molecule has 0 N–H and O–H groups in total. The van der Waals surface area contributed by atoms with Gasteiger partial charge < -0.3 is 0 Å². The molecular weight excluding hydrogens is 497 g/mol. The molecule has 0 radical (unpaired) electrons. The summed E-state index contributed by atoms with van der Waals surface area (Å²) in [7, 11) is 0. The van der Waals surface area contributed by atoms with Crippen LogP contribution in [0.15, 0.2) is 30.3 Å². The van der Waals surface area contributed by atoms with Gasteiger partial charge in [-0.25, -0.2) is 0 Å². The van der Waals surface area contributed by atoms with Crippen molar-refractivity contribution in [1.82, 2.24) is 0 Å². The van der Waals surface area contributed by atoms with Crippen LogP contribution in [0.1, 0.15) is 31.8 Å². The third kappa shape index (κ3) is 2.93. The summed E-state index contributed by atoms with van der Waals surface area (Å²) < 4.78 is 88.4. The van der Waals surface area contributed by atoms with Crippen molar-refractivity contribution in [1.29, 1.82) is 0 Å². The minimum absolute atomic E-state index is 0.00220. The van der Waals surface area contributed by atoms with Crippen molar-refractivity contribution in [3.63, 3.8) is 0 Å². The van der Waals surface area contributed by atoms with Crippen LogP contribution in [0, 0.1) is 3.57 Å². The Morgan fingerprint density at radius 2 is 1.07 bits per heavy atom. The van der Waals surface area contributed by atoms with E-state index in [0.29, 0.717) is 12.1 Å². The Balaban J connectivity index is 1.95. The first-order valence-electron chi connectivity index (χ1n) is 7.08. The molecule has 2 aromatic carbocycles. The number of carbonyl (C=O) groups excluding carboxylic acids is 2. The van der Waals surface area contributed by atoms with Gasteiger partial charge in [-0.15, -0.1) is 0 Å². The molecule has 0 fully saturated rings. The summed E-state index contributed by atoms with van der Waals surface area (Å²) in [6, 6.07) is 3.30. The third-order valence-corrected chi connectivity index (χ3v) is 7.51. The van der Waals surface area contributed by atoms with Crippen molar-refractivity contribution in [3.05, 3.63) is 56.2 Å². The summed E-state index contributed by atoms with van der Waals surface area (Å²) in [6.45, 7) is 0. The van der Waals surface area contributed by atoms with E-state index in [0.717, 1.165) is 12.1 Å². The van der Waals surface area contributed by atoms with Crippen molar-refractivity contribution in [2.45, 2.75) is 12.4 Å². The Morgan fingerprint density at radius 3 is 1.48 bits per heavy atom. The van der Waals surface area contributed by atoms with Gasteiger partial charge in [-0.2, -0.15) is 0 Å². The number of benzene rings is 2. The molecule has 2 aliphatic heterocycles. The van der Waals surface area contributed by atoms with E-state index in [1.165, 1.54) is 0 Å². The fourth-order valence-corrected chi connectivity index (χ4v) is 6.11. The van der Waals surface area contributed by atoms with Gasteiger partial charge >= 0.3 is 154 Å². The molecule has 0 bridgehead atoms. The Hall–Kier alpha value is -2.31. The summed E-state index contributed by atoms with van der Waals surface area (Å²) in [5, 5.41) is 0. The molecule has 0 aliphatic carbocycles. The number of halogens is 7. The van der Waals surface area contributed by atoms with Crippen LogP contribution < -0.4 is 0 Å². The second-order valence-corrected chi connectivity index (χ2v) is 8.83. The Morgan fingerprint density at radius 1 is 0.667 bits per heavy atom. The molecule has 0 atom stereocenters. The van der Waals surface area contributed by atoms with E-state index in [1.54, 1.807) is 0 Å². The molecule has 0 spiro atoms. The first-order valence-corrected chi connectivity index (χ1v) is 9.93. The van der Waals surface area contributed by atoms with E-state index in [9.17, 15) is 35.9 Å². The zero-order valence-corrected chi connectivity index (χ0v) is 14.8. The predicted molar refractivity (Wildman–Crippen MR) is 85.4 cm³/mol. The maximum atomic E-state index is 13.0. The van der Waals surface area contributed by atoms with E-state index in [-0.39, 0.29) is 26.3 Å². The number of carbonyl (C=O) groups is 2. The summed E-state index contributed by atoms with van der Waals surface area (Å²) in [5.74, 6) is -1.62.